The normalized spacial score (nSPS) is 10.4. The molecule has 0 saturated heterocycles. The van der Waals surface area contributed by atoms with Crippen LogP contribution in [0, 0.1) is 17.0 Å². The van der Waals surface area contributed by atoms with Crippen LogP contribution < -0.4 is 5.32 Å². The maximum atomic E-state index is 12.2. The van der Waals surface area contributed by atoms with Gasteiger partial charge >= 0.3 is 0 Å². The summed E-state index contributed by atoms with van der Waals surface area (Å²) in [6.45, 7) is 2.24. The van der Waals surface area contributed by atoms with E-state index in [0.29, 0.717) is 5.69 Å². The number of carbonyl (C=O) groups is 1. The van der Waals surface area contributed by atoms with Crippen molar-refractivity contribution in [2.45, 2.75) is 13.5 Å². The zero-order valence-corrected chi connectivity index (χ0v) is 14.2. The molecule has 3 aromatic rings. The van der Waals surface area contributed by atoms with Gasteiger partial charge in [0.1, 0.15) is 10.6 Å². The second kappa shape index (κ2) is 7.23. The quantitative estimate of drug-likeness (QED) is 0.556. The number of aromatic nitrogens is 1. The molecule has 0 atom stereocenters. The first-order valence-corrected chi connectivity index (χ1v) is 8.45. The Morgan fingerprint density at radius 2 is 1.92 bits per heavy atom. The molecular formula is C18H15N3O3S. The lowest BCUT2D eigenvalue weighted by Crippen LogP contribution is -2.23. The van der Waals surface area contributed by atoms with Crippen molar-refractivity contribution in [3.05, 3.63) is 80.8 Å². The molecule has 7 heteroatoms. The average molecular weight is 353 g/mol. The number of nitro benzene ring substituents is 1. The van der Waals surface area contributed by atoms with Crippen LogP contribution in [-0.2, 0) is 6.54 Å². The van der Waals surface area contributed by atoms with Crippen molar-refractivity contribution in [3.8, 4) is 10.6 Å². The summed E-state index contributed by atoms with van der Waals surface area (Å²) in [6, 6.07) is 13.9. The van der Waals surface area contributed by atoms with Gasteiger partial charge in [0.15, 0.2) is 0 Å². The van der Waals surface area contributed by atoms with E-state index >= 15 is 0 Å². The first kappa shape index (κ1) is 16.8. The molecule has 0 aliphatic carbocycles. The van der Waals surface area contributed by atoms with Crippen LogP contribution in [0.4, 0.5) is 5.69 Å². The molecule has 0 fully saturated rings. The van der Waals surface area contributed by atoms with Crippen molar-refractivity contribution in [2.24, 2.45) is 0 Å². The van der Waals surface area contributed by atoms with Gasteiger partial charge in [-0.15, -0.1) is 11.3 Å². The topological polar surface area (TPSA) is 85.1 Å². The molecule has 0 aliphatic heterocycles. The van der Waals surface area contributed by atoms with E-state index in [-0.39, 0.29) is 17.8 Å². The molecule has 1 N–H and O–H groups in total. The molecule has 0 aliphatic rings. The fourth-order valence-electron chi connectivity index (χ4n) is 2.31. The van der Waals surface area contributed by atoms with Gasteiger partial charge in [-0.25, -0.2) is 4.98 Å². The highest BCUT2D eigenvalue weighted by molar-refractivity contribution is 7.13. The van der Waals surface area contributed by atoms with Crippen LogP contribution in [0.5, 0.6) is 0 Å². The number of hydrogen-bond acceptors (Lipinski definition) is 5. The summed E-state index contributed by atoms with van der Waals surface area (Å²) in [7, 11) is 0. The van der Waals surface area contributed by atoms with E-state index in [1.165, 1.54) is 35.1 Å². The van der Waals surface area contributed by atoms with Gasteiger partial charge in [-0.05, 0) is 13.0 Å². The summed E-state index contributed by atoms with van der Waals surface area (Å²) in [4.78, 5) is 27.2. The summed E-state index contributed by atoms with van der Waals surface area (Å²) in [5.74, 6) is -0.489. The Labute approximate surface area is 148 Å². The van der Waals surface area contributed by atoms with Gasteiger partial charge < -0.3 is 5.32 Å². The molecule has 0 saturated carbocycles. The monoisotopic (exact) mass is 353 g/mol. The number of nitrogens with one attached hydrogen (secondary N) is 1. The van der Waals surface area contributed by atoms with Crippen molar-refractivity contribution in [1.82, 2.24) is 10.3 Å². The Balaban J connectivity index is 1.69. The molecular weight excluding hydrogens is 338 g/mol. The maximum Gasteiger partial charge on any atom is 0.282 e. The highest BCUT2D eigenvalue weighted by Gasteiger charge is 2.19. The molecule has 6 nitrogen and oxygen atoms in total. The van der Waals surface area contributed by atoms with E-state index in [0.717, 1.165) is 10.6 Å². The van der Waals surface area contributed by atoms with Crippen molar-refractivity contribution >= 4 is 22.9 Å². The number of rotatable bonds is 5. The van der Waals surface area contributed by atoms with Crippen LogP contribution in [0.3, 0.4) is 0 Å². The Morgan fingerprint density at radius 3 is 2.64 bits per heavy atom. The van der Waals surface area contributed by atoms with Crippen molar-refractivity contribution < 1.29 is 9.72 Å². The first-order chi connectivity index (χ1) is 12.0. The van der Waals surface area contributed by atoms with Crippen molar-refractivity contribution in [2.75, 3.05) is 0 Å². The van der Waals surface area contributed by atoms with Gasteiger partial charge in [-0.1, -0.05) is 42.0 Å². The molecule has 0 radical (unpaired) electrons. The number of thiazole rings is 1. The van der Waals surface area contributed by atoms with Gasteiger partial charge in [-0.3, -0.25) is 14.9 Å². The Bertz CT molecular complexity index is 919. The molecule has 3 rings (SSSR count). The van der Waals surface area contributed by atoms with E-state index in [1.807, 2.05) is 36.6 Å². The van der Waals surface area contributed by atoms with Crippen LogP contribution in [0.25, 0.3) is 10.6 Å². The zero-order valence-electron chi connectivity index (χ0n) is 13.4. The molecule has 25 heavy (non-hydrogen) atoms. The minimum atomic E-state index is -0.562. The highest BCUT2D eigenvalue weighted by Crippen LogP contribution is 2.24. The van der Waals surface area contributed by atoms with Crippen LogP contribution in [0.1, 0.15) is 21.6 Å². The Hall–Kier alpha value is -3.06. The molecule has 0 bridgehead atoms. The molecule has 1 amide bonds. The number of nitro groups is 1. The highest BCUT2D eigenvalue weighted by atomic mass is 32.1. The van der Waals surface area contributed by atoms with Gasteiger partial charge in [-0.2, -0.15) is 0 Å². The second-order valence-electron chi connectivity index (χ2n) is 5.47. The Kier molecular flexibility index (Phi) is 4.85. The number of aryl methyl sites for hydroxylation is 1. The number of nitrogens with zero attached hydrogens (tertiary/aromatic N) is 2. The SMILES string of the molecule is Cc1ccc(-c2nc(CNC(=O)c3ccccc3[N+](=O)[O-])cs2)cc1. The van der Waals surface area contributed by atoms with Crippen LogP contribution >= 0.6 is 11.3 Å². The molecule has 0 spiro atoms. The third-order valence-electron chi connectivity index (χ3n) is 3.63. The third kappa shape index (κ3) is 3.89. The van der Waals surface area contributed by atoms with E-state index in [4.69, 9.17) is 0 Å². The summed E-state index contributed by atoms with van der Waals surface area (Å²) in [6.07, 6.45) is 0. The van der Waals surface area contributed by atoms with E-state index in [9.17, 15) is 14.9 Å². The summed E-state index contributed by atoms with van der Waals surface area (Å²) >= 11 is 1.49. The standard InChI is InChI=1S/C18H15N3O3S/c1-12-6-8-13(9-7-12)18-20-14(11-25-18)10-19-17(22)15-4-2-3-5-16(15)21(23)24/h2-9,11H,10H2,1H3,(H,19,22). The maximum absolute atomic E-state index is 12.2. The van der Waals surface area contributed by atoms with Gasteiger partial charge in [0.25, 0.3) is 11.6 Å². The number of para-hydroxylation sites is 1. The molecule has 1 aromatic heterocycles. The molecule has 1 heterocycles. The number of amides is 1. The van der Waals surface area contributed by atoms with Gasteiger partial charge in [0.2, 0.25) is 0 Å². The first-order valence-electron chi connectivity index (χ1n) is 7.57. The second-order valence-corrected chi connectivity index (χ2v) is 6.33. The number of carbonyl (C=O) groups excluding carboxylic acids is 1. The molecule has 2 aromatic carbocycles. The minimum Gasteiger partial charge on any atom is -0.346 e. The van der Waals surface area contributed by atoms with Crippen LogP contribution in [0.2, 0.25) is 0 Å². The lowest BCUT2D eigenvalue weighted by molar-refractivity contribution is -0.385. The van der Waals surface area contributed by atoms with Gasteiger partial charge in [0, 0.05) is 17.0 Å². The van der Waals surface area contributed by atoms with E-state index < -0.39 is 10.8 Å². The predicted molar refractivity (Wildman–Crippen MR) is 96.6 cm³/mol. The number of benzene rings is 2. The Morgan fingerprint density at radius 1 is 1.20 bits per heavy atom. The lowest BCUT2D eigenvalue weighted by atomic mass is 10.1. The van der Waals surface area contributed by atoms with Crippen molar-refractivity contribution in [3.63, 3.8) is 0 Å². The molecule has 126 valence electrons. The fourth-order valence-corrected chi connectivity index (χ4v) is 3.13. The van der Waals surface area contributed by atoms with Crippen LogP contribution in [0.15, 0.2) is 53.9 Å². The summed E-state index contributed by atoms with van der Waals surface area (Å²) in [5, 5.41) is 16.4. The van der Waals surface area contributed by atoms with Crippen LogP contribution in [-0.4, -0.2) is 15.8 Å². The molecule has 0 unspecified atom stereocenters. The third-order valence-corrected chi connectivity index (χ3v) is 4.57. The fraction of sp³-hybridized carbons (Fsp3) is 0.111. The predicted octanol–water partition coefficient (Wildman–Crippen LogP) is 3.96. The largest absolute Gasteiger partial charge is 0.346 e. The van der Waals surface area contributed by atoms with E-state index in [2.05, 4.69) is 10.3 Å². The van der Waals surface area contributed by atoms with Crippen molar-refractivity contribution in [1.29, 1.82) is 0 Å². The minimum absolute atomic E-state index is 0.0430. The average Bonchev–Trinajstić information content (AvgIpc) is 3.09. The zero-order chi connectivity index (χ0) is 17.8. The lowest BCUT2D eigenvalue weighted by Gasteiger charge is -2.04. The smallest absolute Gasteiger partial charge is 0.282 e. The van der Waals surface area contributed by atoms with Gasteiger partial charge in [0.05, 0.1) is 17.2 Å². The number of hydrogen-bond donors (Lipinski definition) is 1. The summed E-state index contributed by atoms with van der Waals surface area (Å²) in [5.41, 5.74) is 2.75. The summed E-state index contributed by atoms with van der Waals surface area (Å²) < 4.78 is 0. The van der Waals surface area contributed by atoms with E-state index in [1.54, 1.807) is 6.07 Å².